The standard InChI is InChI=1S/C13H23N3OS/c1-3-14-13(10-17)6-4-5-11(7-13)18-12-8-15-16(2)9-12/h8-9,11,14,17H,3-7,10H2,1-2H3. The van der Waals surface area contributed by atoms with E-state index in [4.69, 9.17) is 0 Å². The van der Waals surface area contributed by atoms with Gasteiger partial charge in [0.2, 0.25) is 0 Å². The van der Waals surface area contributed by atoms with Crippen molar-refractivity contribution in [3.8, 4) is 0 Å². The van der Waals surface area contributed by atoms with Crippen LogP contribution in [-0.4, -0.2) is 38.8 Å². The molecule has 0 saturated heterocycles. The van der Waals surface area contributed by atoms with Gasteiger partial charge >= 0.3 is 0 Å². The van der Waals surface area contributed by atoms with Crippen LogP contribution in [0.3, 0.4) is 0 Å². The van der Waals surface area contributed by atoms with Gasteiger partial charge in [0.25, 0.3) is 0 Å². The smallest absolute Gasteiger partial charge is 0.0625 e. The molecule has 0 amide bonds. The number of rotatable bonds is 5. The number of aromatic nitrogens is 2. The highest BCUT2D eigenvalue weighted by molar-refractivity contribution is 8.00. The second kappa shape index (κ2) is 6.08. The Kier molecular flexibility index (Phi) is 4.70. The molecule has 4 nitrogen and oxygen atoms in total. The van der Waals surface area contributed by atoms with Crippen LogP contribution in [0.15, 0.2) is 17.3 Å². The van der Waals surface area contributed by atoms with Crippen LogP contribution in [0, 0.1) is 0 Å². The molecule has 1 saturated carbocycles. The number of likely N-dealkylation sites (N-methyl/N-ethyl adjacent to an activating group) is 1. The van der Waals surface area contributed by atoms with Gasteiger partial charge in [-0.3, -0.25) is 4.68 Å². The molecule has 0 aromatic carbocycles. The van der Waals surface area contributed by atoms with Crippen molar-refractivity contribution in [2.24, 2.45) is 7.05 Å². The van der Waals surface area contributed by atoms with Gasteiger partial charge in [0.1, 0.15) is 0 Å². The third kappa shape index (κ3) is 3.28. The molecule has 0 spiro atoms. The van der Waals surface area contributed by atoms with Crippen molar-refractivity contribution >= 4 is 11.8 Å². The third-order valence-electron chi connectivity index (χ3n) is 3.64. The highest BCUT2D eigenvalue weighted by Gasteiger charge is 2.35. The van der Waals surface area contributed by atoms with Crippen molar-refractivity contribution in [3.05, 3.63) is 12.4 Å². The molecule has 1 heterocycles. The molecule has 2 N–H and O–H groups in total. The molecule has 0 bridgehead atoms. The van der Waals surface area contributed by atoms with E-state index in [-0.39, 0.29) is 12.1 Å². The maximum absolute atomic E-state index is 9.67. The summed E-state index contributed by atoms with van der Waals surface area (Å²) in [5.41, 5.74) is -0.0626. The minimum atomic E-state index is -0.0626. The predicted molar refractivity (Wildman–Crippen MR) is 74.8 cm³/mol. The normalized spacial score (nSPS) is 28.5. The summed E-state index contributed by atoms with van der Waals surface area (Å²) in [6.07, 6.45) is 8.52. The van der Waals surface area contributed by atoms with E-state index in [9.17, 15) is 5.11 Å². The van der Waals surface area contributed by atoms with E-state index in [1.165, 1.54) is 17.7 Å². The molecule has 2 unspecified atom stereocenters. The van der Waals surface area contributed by atoms with Crippen LogP contribution in [0.1, 0.15) is 32.6 Å². The average molecular weight is 269 g/mol. The van der Waals surface area contributed by atoms with Crippen molar-refractivity contribution in [2.45, 2.75) is 48.3 Å². The van der Waals surface area contributed by atoms with Gasteiger partial charge in [-0.05, 0) is 25.8 Å². The lowest BCUT2D eigenvalue weighted by Gasteiger charge is -2.40. The molecule has 1 fully saturated rings. The predicted octanol–water partition coefficient (Wildman–Crippen LogP) is 1.80. The third-order valence-corrected chi connectivity index (χ3v) is 4.86. The lowest BCUT2D eigenvalue weighted by atomic mass is 9.82. The number of thioether (sulfide) groups is 1. The Morgan fingerprint density at radius 2 is 2.50 bits per heavy atom. The molecule has 1 aliphatic rings. The van der Waals surface area contributed by atoms with Crippen LogP contribution in [0.5, 0.6) is 0 Å². The van der Waals surface area contributed by atoms with Gasteiger partial charge in [-0.1, -0.05) is 13.3 Å². The molecular weight excluding hydrogens is 246 g/mol. The van der Waals surface area contributed by atoms with Crippen molar-refractivity contribution in [3.63, 3.8) is 0 Å². The number of nitrogens with zero attached hydrogens (tertiary/aromatic N) is 2. The van der Waals surface area contributed by atoms with E-state index < -0.39 is 0 Å². The molecule has 0 radical (unpaired) electrons. The Bertz CT molecular complexity index is 378. The van der Waals surface area contributed by atoms with Gasteiger partial charge in [0.15, 0.2) is 0 Å². The highest BCUT2D eigenvalue weighted by atomic mass is 32.2. The van der Waals surface area contributed by atoms with Gasteiger partial charge in [-0.2, -0.15) is 5.10 Å². The maximum Gasteiger partial charge on any atom is 0.0625 e. The minimum absolute atomic E-state index is 0.0626. The maximum atomic E-state index is 9.67. The number of aliphatic hydroxyl groups is 1. The quantitative estimate of drug-likeness (QED) is 0.856. The van der Waals surface area contributed by atoms with Gasteiger partial charge in [-0.25, -0.2) is 0 Å². The largest absolute Gasteiger partial charge is 0.394 e. The number of nitrogens with one attached hydrogen (secondary N) is 1. The lowest BCUT2D eigenvalue weighted by molar-refractivity contribution is 0.125. The van der Waals surface area contributed by atoms with Crippen LogP contribution in [0.25, 0.3) is 0 Å². The SMILES string of the molecule is CCNC1(CO)CCCC(Sc2cnn(C)c2)C1. The van der Waals surface area contributed by atoms with Crippen LogP contribution in [0.2, 0.25) is 0 Å². The Hall–Kier alpha value is -0.520. The molecular formula is C13H23N3OS. The number of aliphatic hydroxyl groups excluding tert-OH is 1. The highest BCUT2D eigenvalue weighted by Crippen LogP contribution is 2.37. The van der Waals surface area contributed by atoms with Crippen LogP contribution >= 0.6 is 11.8 Å². The molecule has 18 heavy (non-hydrogen) atoms. The van der Waals surface area contributed by atoms with E-state index in [0.29, 0.717) is 5.25 Å². The summed E-state index contributed by atoms with van der Waals surface area (Å²) in [4.78, 5) is 1.23. The summed E-state index contributed by atoms with van der Waals surface area (Å²) >= 11 is 1.89. The van der Waals surface area contributed by atoms with Crippen molar-refractivity contribution in [1.82, 2.24) is 15.1 Å². The first kappa shape index (κ1) is 13.9. The topological polar surface area (TPSA) is 50.1 Å². The summed E-state index contributed by atoms with van der Waals surface area (Å²) < 4.78 is 1.84. The zero-order valence-corrected chi connectivity index (χ0v) is 12.0. The zero-order chi connectivity index (χ0) is 13.0. The molecule has 0 aliphatic heterocycles. The molecule has 1 aromatic rings. The molecule has 2 atom stereocenters. The van der Waals surface area contributed by atoms with Crippen LogP contribution < -0.4 is 5.32 Å². The van der Waals surface area contributed by atoms with Crippen molar-refractivity contribution in [1.29, 1.82) is 0 Å². The van der Waals surface area contributed by atoms with Crippen molar-refractivity contribution in [2.75, 3.05) is 13.2 Å². The van der Waals surface area contributed by atoms with E-state index in [0.717, 1.165) is 19.4 Å². The average Bonchev–Trinajstić information content (AvgIpc) is 2.75. The minimum Gasteiger partial charge on any atom is -0.394 e. The Morgan fingerprint density at radius 1 is 1.67 bits per heavy atom. The van der Waals surface area contributed by atoms with E-state index in [1.807, 2.05) is 29.7 Å². The Morgan fingerprint density at radius 3 is 3.11 bits per heavy atom. The number of hydrogen-bond donors (Lipinski definition) is 2. The van der Waals surface area contributed by atoms with Crippen LogP contribution in [0.4, 0.5) is 0 Å². The monoisotopic (exact) mass is 269 g/mol. The molecule has 102 valence electrons. The van der Waals surface area contributed by atoms with Gasteiger partial charge < -0.3 is 10.4 Å². The zero-order valence-electron chi connectivity index (χ0n) is 11.2. The molecule has 5 heteroatoms. The van der Waals surface area contributed by atoms with Gasteiger partial charge in [0, 0.05) is 28.9 Å². The fourth-order valence-electron chi connectivity index (χ4n) is 2.80. The van der Waals surface area contributed by atoms with Gasteiger partial charge in [-0.15, -0.1) is 11.8 Å². The number of hydrogen-bond acceptors (Lipinski definition) is 4. The first-order valence-corrected chi connectivity index (χ1v) is 7.56. The van der Waals surface area contributed by atoms with Crippen LogP contribution in [-0.2, 0) is 7.05 Å². The van der Waals surface area contributed by atoms with Gasteiger partial charge in [0.05, 0.1) is 12.8 Å². The summed E-state index contributed by atoms with van der Waals surface area (Å²) in [5.74, 6) is 0. The number of aryl methyl sites for hydroxylation is 1. The first-order valence-electron chi connectivity index (χ1n) is 6.68. The summed E-state index contributed by atoms with van der Waals surface area (Å²) in [6, 6.07) is 0. The lowest BCUT2D eigenvalue weighted by Crippen LogP contribution is -2.52. The van der Waals surface area contributed by atoms with E-state index >= 15 is 0 Å². The summed E-state index contributed by atoms with van der Waals surface area (Å²) in [7, 11) is 1.95. The Balaban J connectivity index is 1.97. The second-order valence-electron chi connectivity index (χ2n) is 5.15. The fourth-order valence-corrected chi connectivity index (χ4v) is 4.19. The van der Waals surface area contributed by atoms with E-state index in [1.54, 1.807) is 0 Å². The fraction of sp³-hybridized carbons (Fsp3) is 0.769. The Labute approximate surface area is 113 Å². The molecule has 1 aromatic heterocycles. The molecule has 2 rings (SSSR count). The van der Waals surface area contributed by atoms with E-state index in [2.05, 4.69) is 23.5 Å². The second-order valence-corrected chi connectivity index (χ2v) is 6.53. The first-order chi connectivity index (χ1) is 8.67. The summed E-state index contributed by atoms with van der Waals surface area (Å²) in [5, 5.41) is 17.9. The molecule has 1 aliphatic carbocycles. The summed E-state index contributed by atoms with van der Waals surface area (Å²) in [6.45, 7) is 3.27. The van der Waals surface area contributed by atoms with Crippen molar-refractivity contribution < 1.29 is 5.11 Å².